The summed E-state index contributed by atoms with van der Waals surface area (Å²) in [6.07, 6.45) is 2.11. The second-order valence-corrected chi connectivity index (χ2v) is 7.11. The van der Waals surface area contributed by atoms with Gasteiger partial charge in [0.15, 0.2) is 0 Å². The summed E-state index contributed by atoms with van der Waals surface area (Å²) < 4.78 is 0. The molecule has 0 radical (unpaired) electrons. The number of fused-ring (bicyclic) bond motifs is 1. The van der Waals surface area contributed by atoms with Crippen molar-refractivity contribution in [1.82, 2.24) is 25.1 Å². The molecule has 7 heteroatoms. The number of aromatic amines is 3. The van der Waals surface area contributed by atoms with E-state index in [9.17, 15) is 9.59 Å². The summed E-state index contributed by atoms with van der Waals surface area (Å²) >= 11 is 0. The molecule has 1 aliphatic rings. The number of imidazole rings is 1. The molecule has 1 amide bonds. The summed E-state index contributed by atoms with van der Waals surface area (Å²) in [5.74, 6) is -0.194. The Balaban J connectivity index is 1.42. The lowest BCUT2D eigenvalue weighted by atomic mass is 9.98. The van der Waals surface area contributed by atoms with Crippen LogP contribution in [0.5, 0.6) is 0 Å². The Labute approximate surface area is 166 Å². The van der Waals surface area contributed by atoms with Crippen LogP contribution in [0.3, 0.4) is 0 Å². The fraction of sp³-hybridized carbons (Fsp3) is 0.136. The molecule has 0 saturated heterocycles. The zero-order chi connectivity index (χ0) is 19.8. The van der Waals surface area contributed by atoms with E-state index >= 15 is 0 Å². The number of rotatable bonds is 3. The van der Waals surface area contributed by atoms with Gasteiger partial charge < -0.3 is 14.9 Å². The summed E-state index contributed by atoms with van der Waals surface area (Å²) in [5.41, 5.74) is 6.15. The van der Waals surface area contributed by atoms with Gasteiger partial charge in [-0.15, -0.1) is 0 Å². The molecule has 7 nitrogen and oxygen atoms in total. The SMILES string of the molecule is O=C(c1c[nH]c(=O)[nH]1)N1CCc2[nH]nc(-c3ccc(-c4ccccc4)cc3)c2C1. The van der Waals surface area contributed by atoms with Crippen LogP contribution in [-0.2, 0) is 13.0 Å². The van der Waals surface area contributed by atoms with E-state index in [1.165, 1.54) is 11.8 Å². The molecule has 0 aliphatic carbocycles. The van der Waals surface area contributed by atoms with Gasteiger partial charge in [0.2, 0.25) is 0 Å². The van der Waals surface area contributed by atoms with Crippen molar-refractivity contribution in [2.75, 3.05) is 6.54 Å². The van der Waals surface area contributed by atoms with Crippen LogP contribution in [0.4, 0.5) is 0 Å². The third-order valence-electron chi connectivity index (χ3n) is 5.31. The number of aromatic nitrogens is 4. The Kier molecular flexibility index (Phi) is 4.13. The molecular weight excluding hydrogens is 366 g/mol. The quantitative estimate of drug-likeness (QED) is 0.506. The summed E-state index contributed by atoms with van der Waals surface area (Å²) in [6, 6.07) is 18.5. The molecule has 3 N–H and O–H groups in total. The largest absolute Gasteiger partial charge is 0.332 e. The first-order valence-electron chi connectivity index (χ1n) is 9.48. The van der Waals surface area contributed by atoms with E-state index < -0.39 is 0 Å². The molecule has 5 rings (SSSR count). The number of benzene rings is 2. The van der Waals surface area contributed by atoms with Gasteiger partial charge in [0.05, 0.1) is 12.2 Å². The topological polar surface area (TPSA) is 97.6 Å². The highest BCUT2D eigenvalue weighted by molar-refractivity contribution is 5.92. The zero-order valence-corrected chi connectivity index (χ0v) is 15.6. The molecule has 2 aromatic carbocycles. The fourth-order valence-corrected chi connectivity index (χ4v) is 3.78. The number of nitrogens with one attached hydrogen (secondary N) is 3. The molecular formula is C22H19N5O2. The molecule has 0 unspecified atom stereocenters. The lowest BCUT2D eigenvalue weighted by Gasteiger charge is -2.26. The predicted octanol–water partition coefficient (Wildman–Crippen LogP) is 2.96. The molecule has 0 atom stereocenters. The van der Waals surface area contributed by atoms with Crippen molar-refractivity contribution < 1.29 is 4.79 Å². The normalized spacial score (nSPS) is 13.3. The van der Waals surface area contributed by atoms with Crippen molar-refractivity contribution in [2.24, 2.45) is 0 Å². The minimum absolute atomic E-state index is 0.194. The second kappa shape index (κ2) is 6.94. The van der Waals surface area contributed by atoms with Gasteiger partial charge in [0.25, 0.3) is 5.91 Å². The van der Waals surface area contributed by atoms with Crippen LogP contribution in [0.25, 0.3) is 22.4 Å². The van der Waals surface area contributed by atoms with Gasteiger partial charge in [-0.05, 0) is 11.1 Å². The predicted molar refractivity (Wildman–Crippen MR) is 109 cm³/mol. The fourth-order valence-electron chi connectivity index (χ4n) is 3.78. The maximum Gasteiger partial charge on any atom is 0.323 e. The Hall–Kier alpha value is -3.87. The van der Waals surface area contributed by atoms with Crippen LogP contribution in [0.15, 0.2) is 65.6 Å². The molecule has 29 heavy (non-hydrogen) atoms. The Morgan fingerprint density at radius 3 is 2.41 bits per heavy atom. The van der Waals surface area contributed by atoms with E-state index in [1.807, 2.05) is 18.2 Å². The van der Waals surface area contributed by atoms with Gasteiger partial charge in [0, 0.05) is 36.0 Å². The highest BCUT2D eigenvalue weighted by Gasteiger charge is 2.27. The molecule has 0 saturated carbocycles. The van der Waals surface area contributed by atoms with Crippen molar-refractivity contribution in [3.05, 3.63) is 88.2 Å². The van der Waals surface area contributed by atoms with Crippen molar-refractivity contribution >= 4 is 5.91 Å². The molecule has 0 bridgehead atoms. The monoisotopic (exact) mass is 385 g/mol. The number of amides is 1. The maximum atomic E-state index is 12.7. The Morgan fingerprint density at radius 2 is 1.69 bits per heavy atom. The van der Waals surface area contributed by atoms with Gasteiger partial charge in [-0.3, -0.25) is 9.89 Å². The molecule has 4 aromatic rings. The summed E-state index contributed by atoms with van der Waals surface area (Å²) in [4.78, 5) is 30.8. The third-order valence-corrected chi connectivity index (χ3v) is 5.31. The van der Waals surface area contributed by atoms with Crippen LogP contribution in [0.2, 0.25) is 0 Å². The number of hydrogen-bond acceptors (Lipinski definition) is 3. The van der Waals surface area contributed by atoms with Crippen LogP contribution in [0, 0.1) is 0 Å². The van der Waals surface area contributed by atoms with Gasteiger partial charge in [-0.2, -0.15) is 5.10 Å². The molecule has 1 aliphatic heterocycles. The first kappa shape index (κ1) is 17.2. The van der Waals surface area contributed by atoms with E-state index in [0.717, 1.165) is 28.1 Å². The van der Waals surface area contributed by atoms with E-state index in [0.29, 0.717) is 19.5 Å². The van der Waals surface area contributed by atoms with Crippen LogP contribution < -0.4 is 5.69 Å². The van der Waals surface area contributed by atoms with E-state index in [2.05, 4.69) is 56.6 Å². The zero-order valence-electron chi connectivity index (χ0n) is 15.6. The van der Waals surface area contributed by atoms with Crippen molar-refractivity contribution in [3.8, 4) is 22.4 Å². The first-order chi connectivity index (χ1) is 14.2. The highest BCUT2D eigenvalue weighted by atomic mass is 16.2. The van der Waals surface area contributed by atoms with Crippen molar-refractivity contribution in [3.63, 3.8) is 0 Å². The highest BCUT2D eigenvalue weighted by Crippen LogP contribution is 2.30. The lowest BCUT2D eigenvalue weighted by molar-refractivity contribution is 0.0729. The molecule has 0 spiro atoms. The van der Waals surface area contributed by atoms with Gasteiger partial charge >= 0.3 is 5.69 Å². The number of carbonyl (C=O) groups is 1. The second-order valence-electron chi connectivity index (χ2n) is 7.11. The van der Waals surface area contributed by atoms with E-state index in [-0.39, 0.29) is 17.3 Å². The molecule has 2 aromatic heterocycles. The van der Waals surface area contributed by atoms with Gasteiger partial charge in [0.1, 0.15) is 5.69 Å². The number of nitrogens with zero attached hydrogens (tertiary/aromatic N) is 2. The molecule has 0 fully saturated rings. The summed E-state index contributed by atoms with van der Waals surface area (Å²) in [5, 5.41) is 7.64. The van der Waals surface area contributed by atoms with Crippen LogP contribution in [-0.4, -0.2) is 37.5 Å². The average Bonchev–Trinajstić information content (AvgIpc) is 3.40. The van der Waals surface area contributed by atoms with Crippen molar-refractivity contribution in [1.29, 1.82) is 0 Å². The summed E-state index contributed by atoms with van der Waals surface area (Å²) in [7, 11) is 0. The van der Waals surface area contributed by atoms with Gasteiger partial charge in [-0.25, -0.2) is 4.79 Å². The number of hydrogen-bond donors (Lipinski definition) is 3. The number of carbonyl (C=O) groups excluding carboxylic acids is 1. The maximum absolute atomic E-state index is 12.7. The standard InChI is InChI=1S/C22H19N5O2/c28-21(19-12-23-22(29)24-19)27-11-10-18-17(13-27)20(26-25-18)16-8-6-15(7-9-16)14-4-2-1-3-5-14/h1-9,12H,10-11,13H2,(H,25,26)(H2,23,24,29). The Morgan fingerprint density at radius 1 is 0.966 bits per heavy atom. The van der Waals surface area contributed by atoms with Crippen molar-refractivity contribution in [2.45, 2.75) is 13.0 Å². The smallest absolute Gasteiger partial charge is 0.323 e. The minimum atomic E-state index is -0.381. The Bertz CT molecular complexity index is 1220. The van der Waals surface area contributed by atoms with Gasteiger partial charge in [-0.1, -0.05) is 54.6 Å². The molecule has 3 heterocycles. The average molecular weight is 385 g/mol. The van der Waals surface area contributed by atoms with Crippen LogP contribution >= 0.6 is 0 Å². The van der Waals surface area contributed by atoms with E-state index in [1.54, 1.807) is 4.90 Å². The third kappa shape index (κ3) is 3.16. The summed E-state index contributed by atoms with van der Waals surface area (Å²) in [6.45, 7) is 1.03. The number of H-pyrrole nitrogens is 3. The minimum Gasteiger partial charge on any atom is -0.332 e. The van der Waals surface area contributed by atoms with E-state index in [4.69, 9.17) is 0 Å². The first-order valence-corrected chi connectivity index (χ1v) is 9.48. The van der Waals surface area contributed by atoms with Crippen LogP contribution in [0.1, 0.15) is 21.7 Å². The lowest BCUT2D eigenvalue weighted by Crippen LogP contribution is -2.36. The molecule has 144 valence electrons.